The van der Waals surface area contributed by atoms with E-state index in [1.54, 1.807) is 0 Å². The van der Waals surface area contributed by atoms with E-state index in [0.717, 1.165) is 32.8 Å². The standard InChI is InChI=1S/C13H20N2O/c1-14-13(12-5-3-2-4-6-12)11-15-7-9-16-10-8-15/h2-6,13-14H,7-11H2,1H3. The minimum atomic E-state index is 0.416. The zero-order valence-corrected chi connectivity index (χ0v) is 9.86. The van der Waals surface area contributed by atoms with Gasteiger partial charge in [-0.3, -0.25) is 4.90 Å². The van der Waals surface area contributed by atoms with Gasteiger partial charge in [-0.15, -0.1) is 0 Å². The molecule has 0 saturated carbocycles. The van der Waals surface area contributed by atoms with E-state index < -0.39 is 0 Å². The lowest BCUT2D eigenvalue weighted by Crippen LogP contribution is -2.41. The van der Waals surface area contributed by atoms with Crippen LogP contribution >= 0.6 is 0 Å². The number of benzene rings is 1. The van der Waals surface area contributed by atoms with Crippen LogP contribution in [0.2, 0.25) is 0 Å². The third-order valence-corrected chi connectivity index (χ3v) is 3.09. The Hall–Kier alpha value is -0.900. The van der Waals surface area contributed by atoms with E-state index in [1.165, 1.54) is 5.56 Å². The van der Waals surface area contributed by atoms with E-state index in [0.29, 0.717) is 6.04 Å². The second-order valence-electron chi connectivity index (χ2n) is 4.16. The number of morpholine rings is 1. The summed E-state index contributed by atoms with van der Waals surface area (Å²) in [7, 11) is 2.03. The molecule has 1 N–H and O–H groups in total. The maximum atomic E-state index is 5.36. The highest BCUT2D eigenvalue weighted by molar-refractivity contribution is 5.19. The van der Waals surface area contributed by atoms with Crippen LogP contribution < -0.4 is 5.32 Å². The lowest BCUT2D eigenvalue weighted by molar-refractivity contribution is 0.0338. The molecule has 1 saturated heterocycles. The van der Waals surface area contributed by atoms with E-state index in [4.69, 9.17) is 4.74 Å². The molecule has 3 nitrogen and oxygen atoms in total. The molecule has 0 amide bonds. The molecule has 1 atom stereocenters. The summed E-state index contributed by atoms with van der Waals surface area (Å²) in [6.45, 7) is 4.89. The van der Waals surface area contributed by atoms with Gasteiger partial charge in [0.15, 0.2) is 0 Å². The first kappa shape index (κ1) is 11.6. The van der Waals surface area contributed by atoms with Gasteiger partial charge in [0.05, 0.1) is 13.2 Å². The third kappa shape index (κ3) is 3.04. The highest BCUT2D eigenvalue weighted by Gasteiger charge is 2.16. The van der Waals surface area contributed by atoms with Gasteiger partial charge in [-0.05, 0) is 12.6 Å². The lowest BCUT2D eigenvalue weighted by Gasteiger charge is -2.30. The molecule has 0 aromatic heterocycles. The monoisotopic (exact) mass is 220 g/mol. The van der Waals surface area contributed by atoms with Crippen LogP contribution in [0.25, 0.3) is 0 Å². The summed E-state index contributed by atoms with van der Waals surface area (Å²) in [6.07, 6.45) is 0. The Bertz CT molecular complexity index is 296. The lowest BCUT2D eigenvalue weighted by atomic mass is 10.1. The van der Waals surface area contributed by atoms with Gasteiger partial charge in [0.1, 0.15) is 0 Å². The highest BCUT2D eigenvalue weighted by Crippen LogP contribution is 2.14. The molecular formula is C13H20N2O. The van der Waals surface area contributed by atoms with Gasteiger partial charge >= 0.3 is 0 Å². The number of rotatable bonds is 4. The molecule has 1 aromatic carbocycles. The molecule has 0 bridgehead atoms. The number of nitrogens with one attached hydrogen (secondary N) is 1. The summed E-state index contributed by atoms with van der Waals surface area (Å²) in [5.41, 5.74) is 1.36. The van der Waals surface area contributed by atoms with Gasteiger partial charge in [0, 0.05) is 25.7 Å². The largest absolute Gasteiger partial charge is 0.379 e. The molecule has 1 aromatic rings. The van der Waals surface area contributed by atoms with E-state index in [-0.39, 0.29) is 0 Å². The predicted octanol–water partition coefficient (Wildman–Crippen LogP) is 1.28. The van der Waals surface area contributed by atoms with Gasteiger partial charge in [0.25, 0.3) is 0 Å². The molecule has 2 rings (SSSR count). The van der Waals surface area contributed by atoms with Crippen molar-refractivity contribution in [1.29, 1.82) is 0 Å². The van der Waals surface area contributed by atoms with Crippen molar-refractivity contribution in [1.82, 2.24) is 10.2 Å². The van der Waals surface area contributed by atoms with Crippen LogP contribution in [0.4, 0.5) is 0 Å². The van der Waals surface area contributed by atoms with E-state index >= 15 is 0 Å². The van der Waals surface area contributed by atoms with Crippen LogP contribution in [-0.2, 0) is 4.74 Å². The average molecular weight is 220 g/mol. The summed E-state index contributed by atoms with van der Waals surface area (Å²) in [5, 5.41) is 3.38. The molecule has 1 aliphatic rings. The summed E-state index contributed by atoms with van der Waals surface area (Å²) < 4.78 is 5.36. The van der Waals surface area contributed by atoms with Gasteiger partial charge in [-0.1, -0.05) is 30.3 Å². The summed E-state index contributed by atoms with van der Waals surface area (Å²) in [5.74, 6) is 0. The molecule has 3 heteroatoms. The zero-order chi connectivity index (χ0) is 11.2. The molecule has 0 aliphatic carbocycles. The first-order chi connectivity index (χ1) is 7.90. The number of hydrogen-bond donors (Lipinski definition) is 1. The Balaban J connectivity index is 1.94. The second-order valence-corrected chi connectivity index (χ2v) is 4.16. The molecule has 0 spiro atoms. The number of hydrogen-bond acceptors (Lipinski definition) is 3. The topological polar surface area (TPSA) is 24.5 Å². The van der Waals surface area contributed by atoms with Crippen LogP contribution in [0, 0.1) is 0 Å². The molecule has 1 unspecified atom stereocenters. The van der Waals surface area contributed by atoms with Crippen LogP contribution in [0.5, 0.6) is 0 Å². The van der Waals surface area contributed by atoms with Crippen molar-refractivity contribution in [3.05, 3.63) is 35.9 Å². The number of ether oxygens (including phenoxy) is 1. The Morgan fingerprint density at radius 3 is 2.56 bits per heavy atom. The molecular weight excluding hydrogens is 200 g/mol. The molecule has 1 aliphatic heterocycles. The molecule has 16 heavy (non-hydrogen) atoms. The van der Waals surface area contributed by atoms with Crippen molar-refractivity contribution < 1.29 is 4.74 Å². The van der Waals surface area contributed by atoms with Crippen molar-refractivity contribution in [2.24, 2.45) is 0 Å². The number of likely N-dealkylation sites (N-methyl/N-ethyl adjacent to an activating group) is 1. The minimum absolute atomic E-state index is 0.416. The SMILES string of the molecule is CNC(CN1CCOCC1)c1ccccc1. The van der Waals surface area contributed by atoms with Gasteiger partial charge < -0.3 is 10.1 Å². The first-order valence-corrected chi connectivity index (χ1v) is 5.92. The second kappa shape index (κ2) is 5.99. The Morgan fingerprint density at radius 2 is 1.94 bits per heavy atom. The Morgan fingerprint density at radius 1 is 1.25 bits per heavy atom. The van der Waals surface area contributed by atoms with Gasteiger partial charge in [0.2, 0.25) is 0 Å². The molecule has 1 fully saturated rings. The normalized spacial score (nSPS) is 19.6. The van der Waals surface area contributed by atoms with Crippen molar-refractivity contribution in [2.45, 2.75) is 6.04 Å². The highest BCUT2D eigenvalue weighted by atomic mass is 16.5. The van der Waals surface area contributed by atoms with Crippen molar-refractivity contribution in [3.8, 4) is 0 Å². The summed E-state index contributed by atoms with van der Waals surface area (Å²) in [4.78, 5) is 2.46. The van der Waals surface area contributed by atoms with Gasteiger partial charge in [-0.25, -0.2) is 0 Å². The fourth-order valence-corrected chi connectivity index (χ4v) is 2.09. The number of nitrogens with zero attached hydrogens (tertiary/aromatic N) is 1. The van der Waals surface area contributed by atoms with Crippen molar-refractivity contribution in [2.75, 3.05) is 39.9 Å². The zero-order valence-electron chi connectivity index (χ0n) is 9.86. The van der Waals surface area contributed by atoms with Crippen LogP contribution in [0.15, 0.2) is 30.3 Å². The van der Waals surface area contributed by atoms with Crippen molar-refractivity contribution >= 4 is 0 Å². The van der Waals surface area contributed by atoms with Crippen LogP contribution in [-0.4, -0.2) is 44.8 Å². The average Bonchev–Trinajstić information content (AvgIpc) is 2.38. The fourth-order valence-electron chi connectivity index (χ4n) is 2.09. The van der Waals surface area contributed by atoms with Crippen molar-refractivity contribution in [3.63, 3.8) is 0 Å². The third-order valence-electron chi connectivity index (χ3n) is 3.09. The maximum Gasteiger partial charge on any atom is 0.0594 e. The predicted molar refractivity (Wildman–Crippen MR) is 65.5 cm³/mol. The van der Waals surface area contributed by atoms with E-state index in [1.807, 2.05) is 7.05 Å². The van der Waals surface area contributed by atoms with Crippen LogP contribution in [0.1, 0.15) is 11.6 Å². The Labute approximate surface area is 97.4 Å². The van der Waals surface area contributed by atoms with Gasteiger partial charge in [-0.2, -0.15) is 0 Å². The van der Waals surface area contributed by atoms with E-state index in [2.05, 4.69) is 40.5 Å². The molecule has 1 heterocycles. The summed E-state index contributed by atoms with van der Waals surface area (Å²) in [6, 6.07) is 11.0. The quantitative estimate of drug-likeness (QED) is 0.827. The fraction of sp³-hybridized carbons (Fsp3) is 0.538. The van der Waals surface area contributed by atoms with E-state index in [9.17, 15) is 0 Å². The smallest absolute Gasteiger partial charge is 0.0594 e. The molecule has 0 radical (unpaired) electrons. The molecule has 88 valence electrons. The first-order valence-electron chi connectivity index (χ1n) is 5.92. The Kier molecular flexibility index (Phi) is 4.34. The van der Waals surface area contributed by atoms with Crippen LogP contribution in [0.3, 0.4) is 0 Å². The maximum absolute atomic E-state index is 5.36. The summed E-state index contributed by atoms with van der Waals surface area (Å²) >= 11 is 0. The minimum Gasteiger partial charge on any atom is -0.379 e.